The number of benzene rings is 2. The Labute approximate surface area is 163 Å². The number of fused-ring (bicyclic) bond motifs is 1. The fourth-order valence-corrected chi connectivity index (χ4v) is 2.91. The first-order chi connectivity index (χ1) is 14.0. The van der Waals surface area contributed by atoms with E-state index in [1.165, 1.54) is 24.3 Å². The second kappa shape index (κ2) is 7.63. The summed E-state index contributed by atoms with van der Waals surface area (Å²) >= 11 is 0. The van der Waals surface area contributed by atoms with Crippen LogP contribution in [-0.2, 0) is 27.4 Å². The van der Waals surface area contributed by atoms with Crippen LogP contribution >= 0.6 is 0 Å². The molecule has 1 aromatic heterocycles. The monoisotopic (exact) mass is 395 g/mol. The molecule has 1 aliphatic heterocycles. The van der Waals surface area contributed by atoms with Crippen molar-refractivity contribution in [2.75, 3.05) is 6.54 Å². The van der Waals surface area contributed by atoms with E-state index >= 15 is 0 Å². The van der Waals surface area contributed by atoms with Crippen molar-refractivity contribution < 1.29 is 28.0 Å². The van der Waals surface area contributed by atoms with Crippen LogP contribution in [0.2, 0.25) is 0 Å². The van der Waals surface area contributed by atoms with Crippen molar-refractivity contribution in [3.05, 3.63) is 71.4 Å². The summed E-state index contributed by atoms with van der Waals surface area (Å²) in [5, 5.41) is 3.74. The number of rotatable bonds is 5. The molecule has 29 heavy (non-hydrogen) atoms. The van der Waals surface area contributed by atoms with Crippen molar-refractivity contribution in [3.8, 4) is 11.4 Å². The Kier molecular flexibility index (Phi) is 4.86. The van der Waals surface area contributed by atoms with Crippen LogP contribution in [0, 0.1) is 5.82 Å². The summed E-state index contributed by atoms with van der Waals surface area (Å²) < 4.78 is 23.0. The average Bonchev–Trinajstić information content (AvgIpc) is 3.19. The Bertz CT molecular complexity index is 1090. The molecule has 8 nitrogen and oxygen atoms in total. The van der Waals surface area contributed by atoms with E-state index in [9.17, 15) is 18.8 Å². The third-order valence-electron chi connectivity index (χ3n) is 4.35. The van der Waals surface area contributed by atoms with Gasteiger partial charge >= 0.3 is 5.97 Å². The highest BCUT2D eigenvalue weighted by atomic mass is 19.1. The van der Waals surface area contributed by atoms with Gasteiger partial charge in [-0.2, -0.15) is 4.98 Å². The van der Waals surface area contributed by atoms with E-state index in [4.69, 9.17) is 9.26 Å². The molecule has 9 heteroatoms. The molecule has 2 amide bonds. The Morgan fingerprint density at radius 2 is 1.90 bits per heavy atom. The number of aromatic nitrogens is 2. The number of nitrogens with zero attached hydrogens (tertiary/aromatic N) is 3. The first-order valence-electron chi connectivity index (χ1n) is 8.68. The van der Waals surface area contributed by atoms with Crippen molar-refractivity contribution in [1.29, 1.82) is 0 Å². The third kappa shape index (κ3) is 3.88. The molecule has 0 bridgehead atoms. The van der Waals surface area contributed by atoms with Gasteiger partial charge in [0.1, 0.15) is 12.4 Å². The summed E-state index contributed by atoms with van der Waals surface area (Å²) in [7, 11) is 0. The second-order valence-corrected chi connectivity index (χ2v) is 6.30. The number of hydrogen-bond acceptors (Lipinski definition) is 7. The van der Waals surface area contributed by atoms with Crippen LogP contribution in [0.15, 0.2) is 53.1 Å². The van der Waals surface area contributed by atoms with Crippen LogP contribution in [0.1, 0.15) is 21.8 Å². The molecule has 0 unspecified atom stereocenters. The molecule has 3 aromatic rings. The molecule has 0 saturated heterocycles. The molecule has 2 aromatic carbocycles. The zero-order chi connectivity index (χ0) is 20.4. The van der Waals surface area contributed by atoms with E-state index in [1.807, 2.05) is 0 Å². The van der Waals surface area contributed by atoms with Crippen LogP contribution < -0.4 is 0 Å². The van der Waals surface area contributed by atoms with Crippen molar-refractivity contribution in [3.63, 3.8) is 0 Å². The summed E-state index contributed by atoms with van der Waals surface area (Å²) in [6.45, 7) is -0.829. The van der Waals surface area contributed by atoms with E-state index in [0.717, 1.165) is 4.90 Å². The number of imide groups is 1. The highest BCUT2D eigenvalue weighted by Crippen LogP contribution is 2.20. The highest BCUT2D eigenvalue weighted by molar-refractivity contribution is 6.11. The van der Waals surface area contributed by atoms with Crippen molar-refractivity contribution in [2.24, 2.45) is 0 Å². The summed E-state index contributed by atoms with van der Waals surface area (Å²) in [4.78, 5) is 41.7. The van der Waals surface area contributed by atoms with Crippen LogP contribution in [0.3, 0.4) is 0 Å². The molecule has 0 aliphatic carbocycles. The molecule has 146 valence electrons. The minimum Gasteiger partial charge on any atom is -0.454 e. The summed E-state index contributed by atoms with van der Waals surface area (Å²) in [5.74, 6) is -1.94. The molecule has 0 atom stereocenters. The van der Waals surface area contributed by atoms with Crippen LogP contribution in [0.4, 0.5) is 4.39 Å². The van der Waals surface area contributed by atoms with Gasteiger partial charge in [0, 0.05) is 11.1 Å². The van der Waals surface area contributed by atoms with Gasteiger partial charge in [-0.25, -0.2) is 4.39 Å². The SMILES string of the molecule is O=C(CN1C(=O)Cc2ccccc2C1=O)OCc1nc(-c2ccc(F)cc2)no1. The molecule has 0 saturated carbocycles. The average molecular weight is 395 g/mol. The number of halogens is 1. The lowest BCUT2D eigenvalue weighted by Gasteiger charge is -2.25. The van der Waals surface area contributed by atoms with Gasteiger partial charge in [0.25, 0.3) is 11.8 Å². The fourth-order valence-electron chi connectivity index (χ4n) is 2.91. The molecule has 4 rings (SSSR count). The van der Waals surface area contributed by atoms with Gasteiger partial charge in [0.2, 0.25) is 11.7 Å². The van der Waals surface area contributed by atoms with Gasteiger partial charge in [0.15, 0.2) is 6.61 Å². The summed E-state index contributed by atoms with van der Waals surface area (Å²) in [6.07, 6.45) is 0.0416. The largest absolute Gasteiger partial charge is 0.454 e. The standard InChI is InChI=1S/C20H14FN3O5/c21-14-7-5-12(6-8-14)19-22-16(29-23-19)11-28-18(26)10-24-17(25)9-13-3-1-2-4-15(13)20(24)27/h1-8H,9-11H2. The number of hydrogen-bond donors (Lipinski definition) is 0. The molecule has 1 aliphatic rings. The van der Waals surface area contributed by atoms with Gasteiger partial charge in [-0.3, -0.25) is 19.3 Å². The minimum absolute atomic E-state index is 0.0271. The third-order valence-corrected chi connectivity index (χ3v) is 4.35. The summed E-state index contributed by atoms with van der Waals surface area (Å²) in [6, 6.07) is 12.2. The number of carbonyl (C=O) groups is 3. The highest BCUT2D eigenvalue weighted by Gasteiger charge is 2.32. The van der Waals surface area contributed by atoms with Crippen molar-refractivity contribution >= 4 is 17.8 Å². The van der Waals surface area contributed by atoms with E-state index < -0.39 is 30.1 Å². The van der Waals surface area contributed by atoms with Crippen molar-refractivity contribution in [2.45, 2.75) is 13.0 Å². The Hall–Kier alpha value is -3.88. The maximum absolute atomic E-state index is 13.0. The predicted molar refractivity (Wildman–Crippen MR) is 95.7 cm³/mol. The Balaban J connectivity index is 1.37. The van der Waals surface area contributed by atoms with Crippen molar-refractivity contribution in [1.82, 2.24) is 15.0 Å². The van der Waals surface area contributed by atoms with Gasteiger partial charge in [-0.1, -0.05) is 23.4 Å². The molecule has 2 heterocycles. The Morgan fingerprint density at radius 3 is 2.69 bits per heavy atom. The van der Waals surface area contributed by atoms with E-state index in [0.29, 0.717) is 16.7 Å². The smallest absolute Gasteiger partial charge is 0.326 e. The zero-order valence-electron chi connectivity index (χ0n) is 15.0. The molecule has 0 N–H and O–H groups in total. The topological polar surface area (TPSA) is 103 Å². The van der Waals surface area contributed by atoms with Crippen LogP contribution in [0.25, 0.3) is 11.4 Å². The lowest BCUT2D eigenvalue weighted by atomic mass is 9.98. The first-order valence-corrected chi connectivity index (χ1v) is 8.68. The van der Waals surface area contributed by atoms with Gasteiger partial charge < -0.3 is 9.26 Å². The zero-order valence-corrected chi connectivity index (χ0v) is 15.0. The van der Waals surface area contributed by atoms with Gasteiger partial charge in [0.05, 0.1) is 6.42 Å². The first kappa shape index (κ1) is 18.5. The number of esters is 1. The lowest BCUT2D eigenvalue weighted by molar-refractivity contribution is -0.149. The normalized spacial score (nSPS) is 13.3. The quantitative estimate of drug-likeness (QED) is 0.482. The molecular weight excluding hydrogens is 381 g/mol. The molecule has 0 radical (unpaired) electrons. The van der Waals surface area contributed by atoms with Crippen LogP contribution in [0.5, 0.6) is 0 Å². The predicted octanol–water partition coefficient (Wildman–Crippen LogP) is 2.14. The van der Waals surface area contributed by atoms with E-state index in [-0.39, 0.29) is 24.7 Å². The molecule has 0 spiro atoms. The maximum atomic E-state index is 13.0. The van der Waals surface area contributed by atoms with Gasteiger partial charge in [-0.05, 0) is 35.9 Å². The minimum atomic E-state index is -0.785. The van der Waals surface area contributed by atoms with Gasteiger partial charge in [-0.15, -0.1) is 0 Å². The lowest BCUT2D eigenvalue weighted by Crippen LogP contribution is -2.45. The maximum Gasteiger partial charge on any atom is 0.326 e. The number of amides is 2. The van der Waals surface area contributed by atoms with E-state index in [1.54, 1.807) is 24.3 Å². The van der Waals surface area contributed by atoms with E-state index in [2.05, 4.69) is 10.1 Å². The molecular formula is C20H14FN3O5. The number of carbonyl (C=O) groups excluding carboxylic acids is 3. The van der Waals surface area contributed by atoms with Crippen LogP contribution in [-0.4, -0.2) is 39.4 Å². The number of ether oxygens (including phenoxy) is 1. The second-order valence-electron chi connectivity index (χ2n) is 6.30. The Morgan fingerprint density at radius 1 is 1.14 bits per heavy atom. The fraction of sp³-hybridized carbons (Fsp3) is 0.150. The molecule has 0 fully saturated rings. The summed E-state index contributed by atoms with van der Waals surface area (Å²) in [5.41, 5.74) is 1.56.